The third-order valence-corrected chi connectivity index (χ3v) is 14.7. The van der Waals surface area contributed by atoms with E-state index in [-0.39, 0.29) is 64.2 Å². The van der Waals surface area contributed by atoms with Crippen LogP contribution in [0.4, 0.5) is 0 Å². The highest BCUT2D eigenvalue weighted by Gasteiger charge is 2.49. The van der Waals surface area contributed by atoms with Crippen molar-refractivity contribution in [3.05, 3.63) is 11.6 Å². The minimum Gasteiger partial charge on any atom is -0.462 e. The molecule has 2 fully saturated rings. The number of ketones is 1. The number of ether oxygens (including phenoxy) is 2. The van der Waals surface area contributed by atoms with Gasteiger partial charge in [-0.3, -0.25) is 14.4 Å². The normalized spacial score (nSPS) is 31.7. The van der Waals surface area contributed by atoms with Gasteiger partial charge < -0.3 is 13.9 Å². The number of carbonyl (C=O) groups excluding carboxylic acids is 3. The first kappa shape index (κ1) is 32.0. The zero-order chi connectivity index (χ0) is 29.6. The van der Waals surface area contributed by atoms with Crippen molar-refractivity contribution in [2.24, 2.45) is 28.6 Å². The van der Waals surface area contributed by atoms with Crippen LogP contribution in [0.25, 0.3) is 0 Å². The Morgan fingerprint density at radius 2 is 1.77 bits per heavy atom. The molecule has 1 heterocycles. The van der Waals surface area contributed by atoms with Crippen LogP contribution >= 0.6 is 0 Å². The lowest BCUT2D eigenvalue weighted by Gasteiger charge is -2.49. The molecule has 6 atom stereocenters. The number of hydrogen-bond donors (Lipinski definition) is 0. The molecule has 0 N–H and O–H groups in total. The van der Waals surface area contributed by atoms with Crippen molar-refractivity contribution in [1.29, 1.82) is 0 Å². The molecule has 3 rings (SSSR count). The van der Waals surface area contributed by atoms with Crippen molar-refractivity contribution in [1.82, 2.24) is 0 Å². The maximum absolute atomic E-state index is 13.2. The van der Waals surface area contributed by atoms with E-state index in [1.165, 1.54) is 0 Å². The minimum absolute atomic E-state index is 0.0147. The van der Waals surface area contributed by atoms with E-state index in [1.54, 1.807) is 0 Å². The number of cyclic esters (lactones) is 1. The molecule has 7 heteroatoms. The third-order valence-electron chi connectivity index (χ3n) is 10.1. The summed E-state index contributed by atoms with van der Waals surface area (Å²) >= 11 is 0. The Morgan fingerprint density at radius 3 is 2.36 bits per heavy atom. The molecule has 6 nitrogen and oxygen atoms in total. The SMILES string of the molecule is CCC(C)(C)C(=O)O[C@H]1CC(C)(C)CC2=CC(=O)[C@H](C)[C@H](CC[C@@H]3C[C@@H](O[Si](C)(C)C(C)(C)C)CC(=O)O3)[C@H]21. The highest BCUT2D eigenvalue weighted by Crippen LogP contribution is 2.51. The van der Waals surface area contributed by atoms with Gasteiger partial charge in [0.1, 0.15) is 12.2 Å². The Balaban J connectivity index is 1.79. The van der Waals surface area contributed by atoms with Gasteiger partial charge in [-0.15, -0.1) is 0 Å². The molecule has 0 aromatic rings. The Hall–Kier alpha value is -1.47. The first-order valence-corrected chi connectivity index (χ1v) is 18.0. The standard InChI is InChI=1S/C32H54O6Si/c1-12-32(8,9)29(35)37-26-19-31(6,7)18-21-15-25(33)20(2)24(28(21)26)14-13-22-16-23(17-27(34)36-22)38-39(10,11)30(3,4)5/h15,20,22-24,26,28H,12-14,16-19H2,1-11H3/t20-,22-,23-,24+,26+,28+/m1/s1. The number of fused-ring (bicyclic) bond motifs is 1. The van der Waals surface area contributed by atoms with E-state index < -0.39 is 13.7 Å². The van der Waals surface area contributed by atoms with Gasteiger partial charge in [-0.05, 0) is 81.5 Å². The van der Waals surface area contributed by atoms with Crippen LogP contribution in [0.1, 0.15) is 107 Å². The second kappa shape index (κ2) is 11.4. The van der Waals surface area contributed by atoms with Gasteiger partial charge in [0.25, 0.3) is 0 Å². The van der Waals surface area contributed by atoms with Crippen molar-refractivity contribution in [2.45, 2.75) is 144 Å². The lowest BCUT2D eigenvalue weighted by Crippen LogP contribution is -2.49. The molecule has 39 heavy (non-hydrogen) atoms. The van der Waals surface area contributed by atoms with E-state index in [1.807, 2.05) is 33.8 Å². The lowest BCUT2D eigenvalue weighted by molar-refractivity contribution is -0.168. The molecular formula is C32H54O6Si. The Bertz CT molecular complexity index is 972. The van der Waals surface area contributed by atoms with Crippen LogP contribution in [-0.4, -0.2) is 44.4 Å². The summed E-state index contributed by atoms with van der Waals surface area (Å²) in [6, 6.07) is 0. The molecule has 3 aliphatic rings. The van der Waals surface area contributed by atoms with Crippen molar-refractivity contribution in [3.8, 4) is 0 Å². The first-order chi connectivity index (χ1) is 17.8. The van der Waals surface area contributed by atoms with Crippen LogP contribution in [-0.2, 0) is 28.3 Å². The Kier molecular flexibility index (Phi) is 9.39. The number of rotatable bonds is 8. The van der Waals surface area contributed by atoms with Gasteiger partial charge in [0.2, 0.25) is 0 Å². The topological polar surface area (TPSA) is 78.9 Å². The molecule has 0 amide bonds. The number of hydrogen-bond acceptors (Lipinski definition) is 6. The van der Waals surface area contributed by atoms with Gasteiger partial charge in [0, 0.05) is 18.3 Å². The van der Waals surface area contributed by atoms with Gasteiger partial charge in [-0.1, -0.05) is 54.0 Å². The summed E-state index contributed by atoms with van der Waals surface area (Å²) in [5.41, 5.74) is 0.514. The van der Waals surface area contributed by atoms with Crippen LogP contribution in [0, 0.1) is 28.6 Å². The third kappa shape index (κ3) is 7.44. The number of carbonyl (C=O) groups is 3. The second-order valence-electron chi connectivity index (χ2n) is 15.5. The average molecular weight is 563 g/mol. The molecule has 1 saturated heterocycles. The Labute approximate surface area is 238 Å². The van der Waals surface area contributed by atoms with E-state index in [4.69, 9.17) is 13.9 Å². The number of esters is 2. The van der Waals surface area contributed by atoms with Gasteiger partial charge >= 0.3 is 11.9 Å². The molecule has 222 valence electrons. The van der Waals surface area contributed by atoms with Crippen LogP contribution in [0.3, 0.4) is 0 Å². The molecule has 0 unspecified atom stereocenters. The van der Waals surface area contributed by atoms with E-state index in [2.05, 4.69) is 47.7 Å². The molecule has 0 spiro atoms. The quantitative estimate of drug-likeness (QED) is 0.226. The van der Waals surface area contributed by atoms with E-state index >= 15 is 0 Å². The van der Waals surface area contributed by atoms with Crippen molar-refractivity contribution >= 4 is 26.0 Å². The lowest BCUT2D eigenvalue weighted by atomic mass is 9.59. The van der Waals surface area contributed by atoms with Crippen LogP contribution in [0.5, 0.6) is 0 Å². The molecule has 0 aromatic carbocycles. The molecule has 2 aliphatic carbocycles. The van der Waals surface area contributed by atoms with Gasteiger partial charge in [-0.2, -0.15) is 0 Å². The van der Waals surface area contributed by atoms with Crippen LogP contribution < -0.4 is 0 Å². The monoisotopic (exact) mass is 562 g/mol. The molecule has 0 radical (unpaired) electrons. The predicted octanol–water partition coefficient (Wildman–Crippen LogP) is 7.41. The summed E-state index contributed by atoms with van der Waals surface area (Å²) in [4.78, 5) is 38.9. The molecule has 0 bridgehead atoms. The highest BCUT2D eigenvalue weighted by molar-refractivity contribution is 6.74. The maximum atomic E-state index is 13.2. The molecule has 0 aromatic heterocycles. The first-order valence-electron chi connectivity index (χ1n) is 15.1. The summed E-state index contributed by atoms with van der Waals surface area (Å²) in [5.74, 6) is -0.322. The zero-order valence-electron chi connectivity index (χ0n) is 26.4. The Morgan fingerprint density at radius 1 is 1.13 bits per heavy atom. The number of allylic oxidation sites excluding steroid dienone is 1. The van der Waals surface area contributed by atoms with Gasteiger partial charge in [-0.25, -0.2) is 0 Å². The predicted molar refractivity (Wildman–Crippen MR) is 157 cm³/mol. The van der Waals surface area contributed by atoms with Crippen LogP contribution in [0.15, 0.2) is 11.6 Å². The van der Waals surface area contributed by atoms with Crippen molar-refractivity contribution in [3.63, 3.8) is 0 Å². The fourth-order valence-corrected chi connectivity index (χ4v) is 7.62. The maximum Gasteiger partial charge on any atom is 0.311 e. The fourth-order valence-electron chi connectivity index (χ4n) is 6.26. The second-order valence-corrected chi connectivity index (χ2v) is 20.2. The molecular weight excluding hydrogens is 508 g/mol. The molecule has 1 aliphatic heterocycles. The van der Waals surface area contributed by atoms with Gasteiger partial charge in [0.15, 0.2) is 14.1 Å². The van der Waals surface area contributed by atoms with Gasteiger partial charge in [0.05, 0.1) is 17.9 Å². The average Bonchev–Trinajstić information content (AvgIpc) is 2.77. The minimum atomic E-state index is -2.02. The fraction of sp³-hybridized carbons (Fsp3) is 0.844. The zero-order valence-corrected chi connectivity index (χ0v) is 27.4. The summed E-state index contributed by atoms with van der Waals surface area (Å²) < 4.78 is 18.7. The summed E-state index contributed by atoms with van der Waals surface area (Å²) in [5, 5.41) is 0.0675. The molecule has 1 saturated carbocycles. The van der Waals surface area contributed by atoms with Crippen LogP contribution in [0.2, 0.25) is 18.1 Å². The smallest absolute Gasteiger partial charge is 0.311 e. The highest BCUT2D eigenvalue weighted by atomic mass is 28.4. The summed E-state index contributed by atoms with van der Waals surface area (Å²) in [6.45, 7) is 23.3. The largest absolute Gasteiger partial charge is 0.462 e. The van der Waals surface area contributed by atoms with E-state index in [0.29, 0.717) is 25.7 Å². The van der Waals surface area contributed by atoms with E-state index in [9.17, 15) is 14.4 Å². The summed E-state index contributed by atoms with van der Waals surface area (Å²) in [7, 11) is -2.02. The summed E-state index contributed by atoms with van der Waals surface area (Å²) in [6.07, 6.45) is 5.95. The van der Waals surface area contributed by atoms with E-state index in [0.717, 1.165) is 24.8 Å². The van der Waals surface area contributed by atoms with Crippen molar-refractivity contribution in [2.75, 3.05) is 0 Å². The van der Waals surface area contributed by atoms with Crippen molar-refractivity contribution < 1.29 is 28.3 Å².